The number of esters is 1. The van der Waals surface area contributed by atoms with Crippen LogP contribution in [-0.4, -0.2) is 27.2 Å². The lowest BCUT2D eigenvalue weighted by molar-refractivity contribution is -0.144. The van der Waals surface area contributed by atoms with Crippen molar-refractivity contribution in [3.63, 3.8) is 0 Å². The minimum Gasteiger partial charge on any atom is -0.466 e. The van der Waals surface area contributed by atoms with Gasteiger partial charge in [-0.05, 0) is 52.4 Å². The van der Waals surface area contributed by atoms with Crippen molar-refractivity contribution >= 4 is 25.7 Å². The van der Waals surface area contributed by atoms with Crippen LogP contribution in [0.1, 0.15) is 79.1 Å². The summed E-state index contributed by atoms with van der Waals surface area (Å²) in [6.07, 6.45) is 9.74. The molecule has 4 heteroatoms. The summed E-state index contributed by atoms with van der Waals surface area (Å²) in [4.78, 5) is 23.2. The van der Waals surface area contributed by atoms with Crippen molar-refractivity contribution in [1.29, 1.82) is 0 Å². The first-order valence-corrected chi connectivity index (χ1v) is 13.9. The van der Waals surface area contributed by atoms with E-state index in [9.17, 15) is 9.59 Å². The van der Waals surface area contributed by atoms with Gasteiger partial charge in [0.05, 0.1) is 15.4 Å². The van der Waals surface area contributed by atoms with Gasteiger partial charge < -0.3 is 9.53 Å². The first kappa shape index (κ1) is 26.4. The van der Waals surface area contributed by atoms with E-state index in [1.807, 2.05) is 0 Å². The Morgan fingerprint density at radius 1 is 1.00 bits per heavy atom. The molecule has 30 heavy (non-hydrogen) atoms. The normalized spacial score (nSPS) is 12.8. The molecule has 0 heterocycles. The van der Waals surface area contributed by atoms with E-state index in [0.717, 1.165) is 38.5 Å². The van der Waals surface area contributed by atoms with Gasteiger partial charge >= 0.3 is 5.97 Å². The molecule has 0 radical (unpaired) electrons. The zero-order chi connectivity index (χ0) is 22.2. The standard InChI is InChI=1S/C26H42O3Si/c1-22(2)13-12-14-23(3)21-26(28)29-18-9-11-20-30(19-10-8-15-24(4)27)25-16-6-5-7-17-25/h5-7,13,16-17,23,30H,8-12,14-15,18-21H2,1-4H3. The SMILES string of the molecule is CC(=O)CCCC[SiH](CCCCOC(=O)CC(C)CCC=C(C)C)c1ccccc1. The highest BCUT2D eigenvalue weighted by Gasteiger charge is 2.14. The first-order valence-electron chi connectivity index (χ1n) is 11.7. The Hall–Kier alpha value is -1.68. The molecule has 0 N–H and O–H groups in total. The molecule has 0 aliphatic heterocycles. The second kappa shape index (κ2) is 16.1. The smallest absolute Gasteiger partial charge is 0.306 e. The largest absolute Gasteiger partial charge is 0.466 e. The molecule has 0 aliphatic rings. The Morgan fingerprint density at radius 2 is 1.67 bits per heavy atom. The fraction of sp³-hybridized carbons (Fsp3) is 0.615. The molecule has 0 bridgehead atoms. The second-order valence-electron chi connectivity index (χ2n) is 8.94. The van der Waals surface area contributed by atoms with E-state index in [1.165, 1.54) is 22.8 Å². The maximum Gasteiger partial charge on any atom is 0.306 e. The molecular formula is C26H42O3Si. The van der Waals surface area contributed by atoms with Crippen LogP contribution in [0, 0.1) is 5.92 Å². The summed E-state index contributed by atoms with van der Waals surface area (Å²) >= 11 is 0. The van der Waals surface area contributed by atoms with Crippen LogP contribution in [0.4, 0.5) is 0 Å². The Kier molecular flexibility index (Phi) is 14.1. The number of benzene rings is 1. The molecule has 0 saturated carbocycles. The molecule has 2 unspecified atom stereocenters. The van der Waals surface area contributed by atoms with E-state index in [4.69, 9.17) is 4.74 Å². The Bertz CT molecular complexity index is 635. The highest BCUT2D eigenvalue weighted by molar-refractivity contribution is 6.73. The van der Waals surface area contributed by atoms with Gasteiger partial charge in [-0.15, -0.1) is 0 Å². The van der Waals surface area contributed by atoms with Crippen LogP contribution in [0.25, 0.3) is 0 Å². The van der Waals surface area contributed by atoms with Gasteiger partial charge in [0.15, 0.2) is 0 Å². The van der Waals surface area contributed by atoms with E-state index in [-0.39, 0.29) is 5.97 Å². The van der Waals surface area contributed by atoms with E-state index < -0.39 is 8.80 Å². The van der Waals surface area contributed by atoms with Crippen molar-refractivity contribution < 1.29 is 14.3 Å². The van der Waals surface area contributed by atoms with Crippen LogP contribution in [0.15, 0.2) is 42.0 Å². The number of allylic oxidation sites excluding steroid dienone is 2. The van der Waals surface area contributed by atoms with Crippen molar-refractivity contribution in [3.05, 3.63) is 42.0 Å². The number of rotatable bonds is 16. The quantitative estimate of drug-likeness (QED) is 0.140. The lowest BCUT2D eigenvalue weighted by Crippen LogP contribution is -2.29. The zero-order valence-electron chi connectivity index (χ0n) is 19.6. The van der Waals surface area contributed by atoms with E-state index in [2.05, 4.69) is 57.2 Å². The van der Waals surface area contributed by atoms with Crippen LogP contribution in [0.3, 0.4) is 0 Å². The maximum absolute atomic E-state index is 12.0. The molecule has 0 fully saturated rings. The van der Waals surface area contributed by atoms with Crippen molar-refractivity contribution in [2.24, 2.45) is 5.92 Å². The number of unbranched alkanes of at least 4 members (excludes halogenated alkanes) is 2. The van der Waals surface area contributed by atoms with Crippen LogP contribution >= 0.6 is 0 Å². The molecule has 2 atom stereocenters. The number of carbonyl (C=O) groups excluding carboxylic acids is 2. The fourth-order valence-corrected chi connectivity index (χ4v) is 7.03. The summed E-state index contributed by atoms with van der Waals surface area (Å²) in [6, 6.07) is 13.3. The highest BCUT2D eigenvalue weighted by atomic mass is 28.3. The van der Waals surface area contributed by atoms with Gasteiger partial charge in [0.2, 0.25) is 0 Å². The monoisotopic (exact) mass is 430 g/mol. The Labute approximate surface area is 185 Å². The predicted molar refractivity (Wildman–Crippen MR) is 130 cm³/mol. The average molecular weight is 431 g/mol. The molecule has 0 aliphatic carbocycles. The van der Waals surface area contributed by atoms with Gasteiger partial charge in [0, 0.05) is 12.8 Å². The number of ketones is 1. The van der Waals surface area contributed by atoms with Crippen molar-refractivity contribution in [1.82, 2.24) is 0 Å². The van der Waals surface area contributed by atoms with Crippen molar-refractivity contribution in [2.45, 2.75) is 91.1 Å². The summed E-state index contributed by atoms with van der Waals surface area (Å²) in [6.45, 7) is 8.56. The summed E-state index contributed by atoms with van der Waals surface area (Å²) < 4.78 is 5.48. The number of carbonyl (C=O) groups is 2. The first-order chi connectivity index (χ1) is 14.4. The molecule has 1 aromatic rings. The molecule has 3 nitrogen and oxygen atoms in total. The van der Waals surface area contributed by atoms with Crippen LogP contribution in [0.5, 0.6) is 0 Å². The molecule has 0 amide bonds. The van der Waals surface area contributed by atoms with Gasteiger partial charge in [-0.2, -0.15) is 0 Å². The van der Waals surface area contributed by atoms with Gasteiger partial charge in [-0.1, -0.05) is 79.0 Å². The van der Waals surface area contributed by atoms with E-state index >= 15 is 0 Å². The fourth-order valence-electron chi connectivity index (χ4n) is 3.75. The van der Waals surface area contributed by atoms with Gasteiger partial charge in [0.25, 0.3) is 0 Å². The third-order valence-corrected chi connectivity index (χ3v) is 9.08. The number of Topliss-reactive ketones (excluding diaryl/α,β-unsaturated/α-hetero) is 1. The Balaban J connectivity index is 2.27. The molecule has 1 rings (SSSR count). The summed E-state index contributed by atoms with van der Waals surface area (Å²) in [5, 5.41) is 1.52. The van der Waals surface area contributed by atoms with E-state index in [1.54, 1.807) is 6.92 Å². The van der Waals surface area contributed by atoms with Crippen LogP contribution < -0.4 is 5.19 Å². The lowest BCUT2D eigenvalue weighted by Gasteiger charge is -2.16. The summed E-state index contributed by atoms with van der Waals surface area (Å²) in [7, 11) is -1.02. The number of ether oxygens (including phenoxy) is 1. The second-order valence-corrected chi connectivity index (χ2v) is 12.2. The maximum atomic E-state index is 12.0. The van der Waals surface area contributed by atoms with E-state index in [0.29, 0.717) is 31.1 Å². The minimum absolute atomic E-state index is 0.0548. The molecule has 0 spiro atoms. The van der Waals surface area contributed by atoms with Crippen LogP contribution in [0.2, 0.25) is 12.1 Å². The van der Waals surface area contributed by atoms with Gasteiger partial charge in [0.1, 0.15) is 5.78 Å². The topological polar surface area (TPSA) is 43.4 Å². The predicted octanol–water partition coefficient (Wildman–Crippen LogP) is 5.98. The van der Waals surface area contributed by atoms with Crippen molar-refractivity contribution in [2.75, 3.05) is 6.61 Å². The van der Waals surface area contributed by atoms with Gasteiger partial charge in [-0.3, -0.25) is 4.79 Å². The number of hydrogen-bond donors (Lipinski definition) is 0. The van der Waals surface area contributed by atoms with Crippen LogP contribution in [-0.2, 0) is 14.3 Å². The Morgan fingerprint density at radius 3 is 2.30 bits per heavy atom. The average Bonchev–Trinajstić information content (AvgIpc) is 2.69. The molecule has 1 aromatic carbocycles. The minimum atomic E-state index is -1.02. The van der Waals surface area contributed by atoms with Gasteiger partial charge in [-0.25, -0.2) is 0 Å². The zero-order valence-corrected chi connectivity index (χ0v) is 20.8. The van der Waals surface area contributed by atoms with Crippen molar-refractivity contribution in [3.8, 4) is 0 Å². The lowest BCUT2D eigenvalue weighted by atomic mass is 10.0. The summed E-state index contributed by atoms with van der Waals surface area (Å²) in [5.74, 6) is 0.611. The molecule has 0 saturated heterocycles. The molecule has 168 valence electrons. The summed E-state index contributed by atoms with van der Waals surface area (Å²) in [5.41, 5.74) is 1.33. The highest BCUT2D eigenvalue weighted by Crippen LogP contribution is 2.14. The third-order valence-electron chi connectivity index (χ3n) is 5.54. The number of hydrogen-bond acceptors (Lipinski definition) is 3. The third kappa shape index (κ3) is 13.5. The molecular weight excluding hydrogens is 388 g/mol. The molecule has 0 aromatic heterocycles.